The molecule has 1 aliphatic carbocycles. The maximum Gasteiger partial charge on any atom is 0.413 e. The third-order valence-electron chi connectivity index (χ3n) is 6.34. The number of anilines is 1. The summed E-state index contributed by atoms with van der Waals surface area (Å²) in [6, 6.07) is 1.69. The van der Waals surface area contributed by atoms with E-state index < -0.39 is 54.6 Å². The standard InChI is InChI=1S/C24H31F4N5O3/c1-14-7-11-33(32-14)20-29-18(16-13-35-12-10-24(16,27)28)17(15-5-8-23(25,26)9-6-15)19(30-20)31-21(34)36-22(2,3)4/h7,11,15-16H,5-6,8-10,12-13H2,1-4H3,(H,29,30,31,34). The van der Waals surface area contributed by atoms with Gasteiger partial charge in [-0.2, -0.15) is 10.1 Å². The van der Waals surface area contributed by atoms with Crippen molar-refractivity contribution in [3.8, 4) is 5.95 Å². The second-order valence-corrected chi connectivity index (χ2v) is 10.5. The number of alkyl halides is 4. The van der Waals surface area contributed by atoms with Gasteiger partial charge in [-0.1, -0.05) is 0 Å². The molecule has 1 aliphatic heterocycles. The Morgan fingerprint density at radius 1 is 1.17 bits per heavy atom. The van der Waals surface area contributed by atoms with Gasteiger partial charge in [-0.05, 0) is 52.5 Å². The number of ether oxygens (including phenoxy) is 2. The van der Waals surface area contributed by atoms with Crippen LogP contribution in [0, 0.1) is 6.92 Å². The third-order valence-corrected chi connectivity index (χ3v) is 6.34. The van der Waals surface area contributed by atoms with Crippen LogP contribution < -0.4 is 5.32 Å². The Morgan fingerprint density at radius 3 is 2.44 bits per heavy atom. The summed E-state index contributed by atoms with van der Waals surface area (Å²) in [5.41, 5.74) is 0.00381. The Bertz CT molecular complexity index is 1110. The SMILES string of the molecule is Cc1ccn(-c2nc(NC(=O)OC(C)(C)C)c(C3CCC(F)(F)CC3)c(C3COCCC3(F)F)n2)n1. The minimum Gasteiger partial charge on any atom is -0.444 e. The summed E-state index contributed by atoms with van der Waals surface area (Å²) in [4.78, 5) is 21.6. The van der Waals surface area contributed by atoms with E-state index >= 15 is 8.78 Å². The summed E-state index contributed by atoms with van der Waals surface area (Å²) < 4.78 is 70.4. The zero-order valence-electron chi connectivity index (χ0n) is 20.8. The van der Waals surface area contributed by atoms with Crippen molar-refractivity contribution in [2.45, 2.75) is 89.1 Å². The van der Waals surface area contributed by atoms with Gasteiger partial charge in [-0.3, -0.25) is 5.32 Å². The number of rotatable bonds is 4. The maximum atomic E-state index is 15.2. The van der Waals surface area contributed by atoms with Crippen LogP contribution in [-0.2, 0) is 9.47 Å². The van der Waals surface area contributed by atoms with Crippen molar-refractivity contribution in [2.75, 3.05) is 18.5 Å². The lowest BCUT2D eigenvalue weighted by molar-refractivity contribution is -0.113. The zero-order chi connectivity index (χ0) is 26.3. The van der Waals surface area contributed by atoms with Crippen molar-refractivity contribution >= 4 is 11.9 Å². The number of carbonyl (C=O) groups excluding carboxylic acids is 1. The van der Waals surface area contributed by atoms with Crippen LogP contribution in [-0.4, -0.2) is 56.5 Å². The van der Waals surface area contributed by atoms with Crippen LogP contribution in [0.15, 0.2) is 12.3 Å². The molecule has 1 saturated heterocycles. The number of aryl methyl sites for hydroxylation is 1. The Kier molecular flexibility index (Phi) is 7.02. The van der Waals surface area contributed by atoms with E-state index in [1.165, 1.54) is 4.68 Å². The minimum absolute atomic E-state index is 0.0286. The number of nitrogens with zero attached hydrogens (tertiary/aromatic N) is 4. The molecule has 0 radical (unpaired) electrons. The van der Waals surface area contributed by atoms with Gasteiger partial charge in [0.15, 0.2) is 0 Å². The monoisotopic (exact) mass is 513 g/mol. The van der Waals surface area contributed by atoms with E-state index in [1.54, 1.807) is 40.0 Å². The second-order valence-electron chi connectivity index (χ2n) is 10.5. The topological polar surface area (TPSA) is 91.2 Å². The molecule has 1 unspecified atom stereocenters. The van der Waals surface area contributed by atoms with E-state index in [0.29, 0.717) is 5.69 Å². The molecule has 1 saturated carbocycles. The summed E-state index contributed by atoms with van der Waals surface area (Å²) in [7, 11) is 0. The smallest absolute Gasteiger partial charge is 0.413 e. The van der Waals surface area contributed by atoms with Crippen LogP contribution in [0.2, 0.25) is 0 Å². The average Bonchev–Trinajstić information content (AvgIpc) is 3.18. The first kappa shape index (κ1) is 26.3. The van der Waals surface area contributed by atoms with Crippen LogP contribution in [0.5, 0.6) is 0 Å². The Labute approximate surface area is 206 Å². The predicted octanol–water partition coefficient (Wildman–Crippen LogP) is 5.75. The fourth-order valence-corrected chi connectivity index (χ4v) is 4.58. The summed E-state index contributed by atoms with van der Waals surface area (Å²) in [6.07, 6.45) is -0.515. The molecule has 36 heavy (non-hydrogen) atoms. The van der Waals surface area contributed by atoms with Crippen molar-refractivity contribution in [1.82, 2.24) is 19.7 Å². The molecule has 0 spiro atoms. The van der Waals surface area contributed by atoms with Gasteiger partial charge in [0.1, 0.15) is 11.4 Å². The van der Waals surface area contributed by atoms with Gasteiger partial charge >= 0.3 is 6.09 Å². The van der Waals surface area contributed by atoms with Gasteiger partial charge in [0.25, 0.3) is 11.9 Å². The molecule has 1 N–H and O–H groups in total. The van der Waals surface area contributed by atoms with Gasteiger partial charge in [-0.25, -0.2) is 32.0 Å². The van der Waals surface area contributed by atoms with Crippen LogP contribution in [0.4, 0.5) is 28.2 Å². The molecule has 4 rings (SSSR count). The van der Waals surface area contributed by atoms with Crippen LogP contribution in [0.3, 0.4) is 0 Å². The number of halogens is 4. The molecule has 0 bridgehead atoms. The largest absolute Gasteiger partial charge is 0.444 e. The molecule has 2 aromatic heterocycles. The Hall–Kier alpha value is -2.76. The Morgan fingerprint density at radius 2 is 1.86 bits per heavy atom. The first-order valence-corrected chi connectivity index (χ1v) is 12.0. The maximum absolute atomic E-state index is 15.2. The predicted molar refractivity (Wildman–Crippen MR) is 123 cm³/mol. The fourth-order valence-electron chi connectivity index (χ4n) is 4.58. The van der Waals surface area contributed by atoms with Crippen LogP contribution >= 0.6 is 0 Å². The van der Waals surface area contributed by atoms with Gasteiger partial charge in [0.05, 0.1) is 30.5 Å². The third kappa shape index (κ3) is 5.96. The van der Waals surface area contributed by atoms with Crippen molar-refractivity contribution in [3.05, 3.63) is 29.2 Å². The highest BCUT2D eigenvalue weighted by atomic mass is 19.3. The highest BCUT2D eigenvalue weighted by Gasteiger charge is 2.47. The molecule has 0 aromatic carbocycles. The van der Waals surface area contributed by atoms with Crippen LogP contribution in [0.1, 0.15) is 81.7 Å². The lowest BCUT2D eigenvalue weighted by Gasteiger charge is -2.35. The van der Waals surface area contributed by atoms with Gasteiger partial charge in [0, 0.05) is 31.0 Å². The van der Waals surface area contributed by atoms with E-state index in [9.17, 15) is 13.6 Å². The van der Waals surface area contributed by atoms with E-state index in [-0.39, 0.29) is 49.1 Å². The van der Waals surface area contributed by atoms with Gasteiger partial charge < -0.3 is 9.47 Å². The fraction of sp³-hybridized carbons (Fsp3) is 0.667. The number of carbonyl (C=O) groups is 1. The molecule has 2 aromatic rings. The summed E-state index contributed by atoms with van der Waals surface area (Å²) in [5.74, 6) is -8.07. The van der Waals surface area contributed by atoms with E-state index in [0.717, 1.165) is 0 Å². The molecule has 2 fully saturated rings. The van der Waals surface area contributed by atoms with Crippen molar-refractivity contribution in [2.24, 2.45) is 0 Å². The molecule has 1 atom stereocenters. The molecule has 1 amide bonds. The normalized spacial score (nSPS) is 22.3. The number of aromatic nitrogens is 4. The summed E-state index contributed by atoms with van der Waals surface area (Å²) in [5, 5.41) is 6.86. The molecular formula is C24H31F4N5O3. The number of nitrogens with one attached hydrogen (secondary N) is 1. The van der Waals surface area contributed by atoms with E-state index in [1.807, 2.05) is 0 Å². The molecule has 198 valence electrons. The quantitative estimate of drug-likeness (QED) is 0.524. The highest BCUT2D eigenvalue weighted by molar-refractivity contribution is 5.85. The molecule has 12 heteroatoms. The van der Waals surface area contributed by atoms with Crippen molar-refractivity contribution < 1.29 is 31.8 Å². The second kappa shape index (κ2) is 9.60. The van der Waals surface area contributed by atoms with E-state index in [4.69, 9.17) is 9.47 Å². The summed E-state index contributed by atoms with van der Waals surface area (Å²) >= 11 is 0. The minimum atomic E-state index is -3.15. The molecule has 8 nitrogen and oxygen atoms in total. The molecular weight excluding hydrogens is 482 g/mol. The number of hydrogen-bond donors (Lipinski definition) is 1. The lowest BCUT2D eigenvalue weighted by Crippen LogP contribution is -2.38. The number of hydrogen-bond acceptors (Lipinski definition) is 6. The van der Waals surface area contributed by atoms with Crippen molar-refractivity contribution in [3.63, 3.8) is 0 Å². The Balaban J connectivity index is 1.87. The first-order valence-electron chi connectivity index (χ1n) is 12.0. The molecule has 2 aliphatic rings. The average molecular weight is 514 g/mol. The number of amides is 1. The van der Waals surface area contributed by atoms with E-state index in [2.05, 4.69) is 20.4 Å². The van der Waals surface area contributed by atoms with Crippen LogP contribution in [0.25, 0.3) is 5.95 Å². The van der Waals surface area contributed by atoms with Crippen molar-refractivity contribution in [1.29, 1.82) is 0 Å². The van der Waals surface area contributed by atoms with Gasteiger partial charge in [0.2, 0.25) is 5.92 Å². The van der Waals surface area contributed by atoms with Gasteiger partial charge in [-0.15, -0.1) is 0 Å². The first-order chi connectivity index (χ1) is 16.7. The zero-order valence-corrected chi connectivity index (χ0v) is 20.8. The lowest BCUT2D eigenvalue weighted by atomic mass is 9.78. The summed E-state index contributed by atoms with van der Waals surface area (Å²) in [6.45, 7) is 6.38. The molecule has 3 heterocycles. The highest BCUT2D eigenvalue weighted by Crippen LogP contribution is 2.48.